The summed E-state index contributed by atoms with van der Waals surface area (Å²) in [5.41, 5.74) is 1.98. The van der Waals surface area contributed by atoms with E-state index < -0.39 is 5.91 Å². The predicted octanol–water partition coefficient (Wildman–Crippen LogP) is 0.981. The summed E-state index contributed by atoms with van der Waals surface area (Å²) in [6, 6.07) is 6.40. The maximum Gasteiger partial charge on any atom is 0.267 e. The summed E-state index contributed by atoms with van der Waals surface area (Å²) in [5, 5.41) is 14.7. The number of hydrogen-bond donors (Lipinski definition) is 1. The number of nitrogens with zero attached hydrogens (tertiary/aromatic N) is 5. The minimum absolute atomic E-state index is 0.222. The number of rotatable bonds is 4. The topological polar surface area (TPSA) is 108 Å². The maximum absolute atomic E-state index is 12.0. The average Bonchev–Trinajstić information content (AvgIpc) is 3.06. The number of aromatic nitrogens is 5. The summed E-state index contributed by atoms with van der Waals surface area (Å²) in [6.45, 7) is 5.25. The molecule has 0 aliphatic carbocycles. The van der Waals surface area contributed by atoms with Crippen molar-refractivity contribution in [1.82, 2.24) is 24.7 Å². The summed E-state index contributed by atoms with van der Waals surface area (Å²) in [4.78, 5) is 24.0. The zero-order chi connectivity index (χ0) is 17.3. The Kier molecular flexibility index (Phi) is 3.98. The van der Waals surface area contributed by atoms with Crippen molar-refractivity contribution in [1.29, 1.82) is 0 Å². The molecule has 1 amide bonds. The van der Waals surface area contributed by atoms with Gasteiger partial charge < -0.3 is 4.52 Å². The summed E-state index contributed by atoms with van der Waals surface area (Å²) < 4.78 is 7.60. The smallest absolute Gasteiger partial charge is 0.267 e. The van der Waals surface area contributed by atoms with Gasteiger partial charge in [-0.1, -0.05) is 5.16 Å². The summed E-state index contributed by atoms with van der Waals surface area (Å²) in [5.74, 6) is 0.245. The van der Waals surface area contributed by atoms with Crippen LogP contribution in [0.5, 0.6) is 0 Å². The fourth-order valence-corrected chi connectivity index (χ4v) is 2.26. The molecule has 0 aliphatic heterocycles. The van der Waals surface area contributed by atoms with Gasteiger partial charge in [-0.25, -0.2) is 9.36 Å². The Morgan fingerprint density at radius 2 is 1.96 bits per heavy atom. The van der Waals surface area contributed by atoms with E-state index in [0.29, 0.717) is 11.5 Å². The van der Waals surface area contributed by atoms with Crippen molar-refractivity contribution in [2.45, 2.75) is 27.3 Å². The highest BCUT2D eigenvalue weighted by molar-refractivity contribution is 5.89. The normalized spacial score (nSPS) is 10.8. The molecule has 0 saturated heterocycles. The van der Waals surface area contributed by atoms with E-state index in [-0.39, 0.29) is 18.0 Å². The van der Waals surface area contributed by atoms with Crippen LogP contribution in [0.2, 0.25) is 0 Å². The summed E-state index contributed by atoms with van der Waals surface area (Å²) in [7, 11) is 0. The number of aryl methyl sites for hydroxylation is 3. The van der Waals surface area contributed by atoms with E-state index >= 15 is 0 Å². The highest BCUT2D eigenvalue weighted by atomic mass is 16.5. The fourth-order valence-electron chi connectivity index (χ4n) is 2.26. The van der Waals surface area contributed by atoms with Crippen LogP contribution in [0, 0.1) is 20.8 Å². The molecule has 0 saturated carbocycles. The second-order valence-corrected chi connectivity index (χ2v) is 5.41. The quantitative estimate of drug-likeness (QED) is 0.765. The van der Waals surface area contributed by atoms with Crippen LogP contribution in [-0.4, -0.2) is 30.6 Å². The van der Waals surface area contributed by atoms with E-state index in [1.807, 2.05) is 19.9 Å². The van der Waals surface area contributed by atoms with Crippen LogP contribution in [0.25, 0.3) is 5.82 Å². The molecule has 3 heterocycles. The number of nitrogens with one attached hydrogen (secondary N) is 1. The number of hydrogen-bond acceptors (Lipinski definition) is 6. The molecule has 0 aromatic carbocycles. The summed E-state index contributed by atoms with van der Waals surface area (Å²) in [6.07, 6.45) is 0. The molecule has 124 valence electrons. The SMILES string of the molecule is Cc1cc(NC(=O)Cn2nc(-n3nc(C)cc3C)ccc2=O)on1. The van der Waals surface area contributed by atoms with Crippen molar-refractivity contribution in [2.24, 2.45) is 0 Å². The molecule has 0 atom stereocenters. The first-order valence-electron chi connectivity index (χ1n) is 7.27. The number of anilines is 1. The van der Waals surface area contributed by atoms with Gasteiger partial charge in [0.1, 0.15) is 6.54 Å². The van der Waals surface area contributed by atoms with Crippen LogP contribution < -0.4 is 10.9 Å². The molecular formula is C15H16N6O3. The van der Waals surface area contributed by atoms with Crippen molar-refractivity contribution in [3.05, 3.63) is 51.7 Å². The number of carbonyl (C=O) groups is 1. The van der Waals surface area contributed by atoms with Crippen LogP contribution in [0.4, 0.5) is 5.88 Å². The van der Waals surface area contributed by atoms with Crippen LogP contribution in [0.1, 0.15) is 17.1 Å². The molecule has 24 heavy (non-hydrogen) atoms. The third-order valence-electron chi connectivity index (χ3n) is 3.26. The van der Waals surface area contributed by atoms with Gasteiger partial charge in [-0.3, -0.25) is 14.9 Å². The molecule has 1 N–H and O–H groups in total. The lowest BCUT2D eigenvalue weighted by atomic mass is 10.4. The van der Waals surface area contributed by atoms with Gasteiger partial charge in [-0.2, -0.15) is 5.10 Å². The molecule has 0 unspecified atom stereocenters. The lowest BCUT2D eigenvalue weighted by molar-refractivity contribution is -0.117. The maximum atomic E-state index is 12.0. The number of carbonyl (C=O) groups excluding carboxylic acids is 1. The fraction of sp³-hybridized carbons (Fsp3) is 0.267. The molecule has 0 aliphatic rings. The van der Waals surface area contributed by atoms with E-state index in [4.69, 9.17) is 4.52 Å². The van der Waals surface area contributed by atoms with Crippen LogP contribution in [0.3, 0.4) is 0 Å². The van der Waals surface area contributed by atoms with E-state index in [9.17, 15) is 9.59 Å². The van der Waals surface area contributed by atoms with Crippen molar-refractivity contribution in [3.63, 3.8) is 0 Å². The Hall–Kier alpha value is -3.23. The Morgan fingerprint density at radius 3 is 2.58 bits per heavy atom. The first kappa shape index (κ1) is 15.7. The molecule has 3 aromatic heterocycles. The zero-order valence-corrected chi connectivity index (χ0v) is 13.5. The molecule has 3 rings (SSSR count). The Morgan fingerprint density at radius 1 is 1.17 bits per heavy atom. The molecular weight excluding hydrogens is 312 g/mol. The molecule has 0 radical (unpaired) electrons. The van der Waals surface area contributed by atoms with Gasteiger partial charge in [0, 0.05) is 17.8 Å². The molecule has 3 aromatic rings. The van der Waals surface area contributed by atoms with Crippen LogP contribution in [-0.2, 0) is 11.3 Å². The minimum Gasteiger partial charge on any atom is -0.338 e. The second-order valence-electron chi connectivity index (χ2n) is 5.41. The Bertz CT molecular complexity index is 952. The van der Waals surface area contributed by atoms with Gasteiger partial charge >= 0.3 is 0 Å². The third kappa shape index (κ3) is 3.24. The summed E-state index contributed by atoms with van der Waals surface area (Å²) >= 11 is 0. The predicted molar refractivity (Wildman–Crippen MR) is 85.0 cm³/mol. The Labute approximate surface area is 136 Å². The lowest BCUT2D eigenvalue weighted by Crippen LogP contribution is -2.30. The molecule has 9 heteroatoms. The highest BCUT2D eigenvalue weighted by Crippen LogP contribution is 2.09. The minimum atomic E-state index is -0.439. The average molecular weight is 328 g/mol. The first-order valence-corrected chi connectivity index (χ1v) is 7.27. The van der Waals surface area contributed by atoms with Crippen LogP contribution >= 0.6 is 0 Å². The van der Waals surface area contributed by atoms with Gasteiger partial charge in [0.2, 0.25) is 11.8 Å². The van der Waals surface area contributed by atoms with E-state index in [0.717, 1.165) is 16.1 Å². The van der Waals surface area contributed by atoms with Gasteiger partial charge in [-0.15, -0.1) is 5.10 Å². The van der Waals surface area contributed by atoms with Crippen molar-refractivity contribution >= 4 is 11.8 Å². The van der Waals surface area contributed by atoms with Gasteiger partial charge in [-0.05, 0) is 32.9 Å². The van der Waals surface area contributed by atoms with E-state index in [1.165, 1.54) is 6.07 Å². The van der Waals surface area contributed by atoms with Crippen molar-refractivity contribution in [2.75, 3.05) is 5.32 Å². The monoisotopic (exact) mass is 328 g/mol. The van der Waals surface area contributed by atoms with Gasteiger partial charge in [0.05, 0.1) is 11.4 Å². The third-order valence-corrected chi connectivity index (χ3v) is 3.26. The molecule has 0 fully saturated rings. The van der Waals surface area contributed by atoms with Crippen molar-refractivity contribution < 1.29 is 9.32 Å². The van der Waals surface area contributed by atoms with Gasteiger partial charge in [0.15, 0.2) is 5.82 Å². The van der Waals surface area contributed by atoms with E-state index in [2.05, 4.69) is 20.7 Å². The zero-order valence-electron chi connectivity index (χ0n) is 13.5. The first-order chi connectivity index (χ1) is 11.4. The molecule has 0 bridgehead atoms. The number of amides is 1. The van der Waals surface area contributed by atoms with Crippen LogP contribution in [0.15, 0.2) is 33.6 Å². The molecule has 0 spiro atoms. The van der Waals surface area contributed by atoms with E-state index in [1.54, 1.807) is 23.7 Å². The lowest BCUT2D eigenvalue weighted by Gasteiger charge is -2.07. The largest absolute Gasteiger partial charge is 0.338 e. The van der Waals surface area contributed by atoms with Crippen molar-refractivity contribution in [3.8, 4) is 5.82 Å². The highest BCUT2D eigenvalue weighted by Gasteiger charge is 2.11. The standard InChI is InChI=1S/C15H16N6O3/c1-9-6-11(3)21(17-9)12-4-5-15(23)20(18-12)8-13(22)16-14-7-10(2)19-24-14/h4-7H,8H2,1-3H3,(H,16,22). The molecule has 9 nitrogen and oxygen atoms in total. The Balaban J connectivity index is 1.83. The van der Waals surface area contributed by atoms with Gasteiger partial charge in [0.25, 0.3) is 5.56 Å². The second kappa shape index (κ2) is 6.11.